The van der Waals surface area contributed by atoms with E-state index < -0.39 is 0 Å². The molecule has 0 aliphatic carbocycles. The van der Waals surface area contributed by atoms with Gasteiger partial charge in [0.25, 0.3) is 0 Å². The molecule has 1 unspecified atom stereocenters. The number of rotatable bonds is 6. The van der Waals surface area contributed by atoms with E-state index in [0.717, 1.165) is 0 Å². The van der Waals surface area contributed by atoms with Crippen LogP contribution in [0.25, 0.3) is 11.1 Å². The SMILES string of the molecule is COC(=O)CSC(C)c1ccc(-c2ccc(SC)cc2)cc1. The summed E-state index contributed by atoms with van der Waals surface area (Å²) in [6.45, 7) is 2.11. The molecule has 0 aliphatic rings. The average Bonchev–Trinajstić information content (AvgIpc) is 2.59. The van der Waals surface area contributed by atoms with Crippen molar-refractivity contribution >= 4 is 29.5 Å². The largest absolute Gasteiger partial charge is 0.468 e. The Morgan fingerprint density at radius 3 is 2.09 bits per heavy atom. The number of hydrogen-bond acceptors (Lipinski definition) is 4. The van der Waals surface area contributed by atoms with Crippen LogP contribution < -0.4 is 0 Å². The summed E-state index contributed by atoms with van der Waals surface area (Å²) in [5, 5.41) is 0.270. The standard InChI is InChI=1S/C18H20O2S2/c1-13(22-12-18(19)20-2)14-4-6-15(7-5-14)16-8-10-17(21-3)11-9-16/h4-11,13H,12H2,1-3H3. The summed E-state index contributed by atoms with van der Waals surface area (Å²) in [7, 11) is 1.42. The summed E-state index contributed by atoms with van der Waals surface area (Å²) >= 11 is 3.34. The second-order valence-corrected chi connectivity index (χ2v) is 7.09. The van der Waals surface area contributed by atoms with E-state index in [1.54, 1.807) is 23.5 Å². The Labute approximate surface area is 140 Å². The van der Waals surface area contributed by atoms with Crippen molar-refractivity contribution in [2.24, 2.45) is 0 Å². The quantitative estimate of drug-likeness (QED) is 0.547. The molecule has 1 atom stereocenters. The van der Waals surface area contributed by atoms with Gasteiger partial charge in [-0.25, -0.2) is 0 Å². The van der Waals surface area contributed by atoms with E-state index in [2.05, 4.69) is 66.4 Å². The van der Waals surface area contributed by atoms with Crippen LogP contribution >= 0.6 is 23.5 Å². The first-order valence-corrected chi connectivity index (χ1v) is 9.34. The van der Waals surface area contributed by atoms with Gasteiger partial charge in [0.1, 0.15) is 0 Å². The van der Waals surface area contributed by atoms with Gasteiger partial charge in [-0.2, -0.15) is 0 Å². The molecule has 0 saturated heterocycles. The van der Waals surface area contributed by atoms with E-state index >= 15 is 0 Å². The molecule has 0 aliphatic heterocycles. The maximum Gasteiger partial charge on any atom is 0.315 e. The van der Waals surface area contributed by atoms with Crippen molar-refractivity contribution in [1.29, 1.82) is 0 Å². The van der Waals surface area contributed by atoms with Crippen molar-refractivity contribution in [1.82, 2.24) is 0 Å². The van der Waals surface area contributed by atoms with Crippen LogP contribution in [0.4, 0.5) is 0 Å². The number of carbonyl (C=O) groups is 1. The molecule has 0 bridgehead atoms. The van der Waals surface area contributed by atoms with E-state index in [-0.39, 0.29) is 11.2 Å². The van der Waals surface area contributed by atoms with Crippen molar-refractivity contribution in [2.75, 3.05) is 19.1 Å². The maximum atomic E-state index is 11.2. The van der Waals surface area contributed by atoms with Crippen LogP contribution in [0.1, 0.15) is 17.7 Å². The molecule has 2 nitrogen and oxygen atoms in total. The van der Waals surface area contributed by atoms with Crippen LogP contribution in [0.15, 0.2) is 53.4 Å². The highest BCUT2D eigenvalue weighted by Crippen LogP contribution is 2.30. The number of hydrogen-bond donors (Lipinski definition) is 0. The molecular weight excluding hydrogens is 312 g/mol. The van der Waals surface area contributed by atoms with E-state index in [1.807, 2.05) is 0 Å². The second-order valence-electron chi connectivity index (χ2n) is 4.88. The predicted molar refractivity (Wildman–Crippen MR) is 96.5 cm³/mol. The Morgan fingerprint density at radius 1 is 1.05 bits per heavy atom. The third-order valence-corrected chi connectivity index (χ3v) is 5.40. The number of esters is 1. The molecule has 0 aromatic heterocycles. The first-order chi connectivity index (χ1) is 10.6. The Bertz CT molecular complexity index is 606. The molecule has 4 heteroatoms. The maximum absolute atomic E-state index is 11.2. The summed E-state index contributed by atoms with van der Waals surface area (Å²) in [5.41, 5.74) is 3.65. The van der Waals surface area contributed by atoms with Gasteiger partial charge >= 0.3 is 5.97 Å². The van der Waals surface area contributed by atoms with Gasteiger partial charge in [0.15, 0.2) is 0 Å². The fraction of sp³-hybridized carbons (Fsp3) is 0.278. The third-order valence-electron chi connectivity index (χ3n) is 3.48. The van der Waals surface area contributed by atoms with Crippen molar-refractivity contribution < 1.29 is 9.53 Å². The normalized spacial score (nSPS) is 12.0. The zero-order valence-electron chi connectivity index (χ0n) is 13.0. The van der Waals surface area contributed by atoms with Crippen LogP contribution in [-0.4, -0.2) is 25.1 Å². The van der Waals surface area contributed by atoms with Crippen molar-refractivity contribution in [3.63, 3.8) is 0 Å². The van der Waals surface area contributed by atoms with Gasteiger partial charge in [0.2, 0.25) is 0 Å². The lowest BCUT2D eigenvalue weighted by Crippen LogP contribution is -2.04. The fourth-order valence-corrected chi connectivity index (χ4v) is 3.34. The highest BCUT2D eigenvalue weighted by Gasteiger charge is 2.09. The van der Waals surface area contributed by atoms with Crippen LogP contribution in [0.2, 0.25) is 0 Å². The fourth-order valence-electron chi connectivity index (χ4n) is 2.08. The smallest absolute Gasteiger partial charge is 0.315 e. The summed E-state index contributed by atoms with van der Waals surface area (Å²) in [4.78, 5) is 12.5. The Kier molecular flexibility index (Phi) is 6.40. The van der Waals surface area contributed by atoms with Crippen LogP contribution in [-0.2, 0) is 9.53 Å². The number of carbonyl (C=O) groups excluding carboxylic acids is 1. The lowest BCUT2D eigenvalue weighted by Gasteiger charge is -2.12. The van der Waals surface area contributed by atoms with Gasteiger partial charge in [-0.05, 0) is 42.0 Å². The van der Waals surface area contributed by atoms with Gasteiger partial charge in [-0.15, -0.1) is 23.5 Å². The molecule has 2 aromatic rings. The van der Waals surface area contributed by atoms with Crippen molar-refractivity contribution in [3.05, 3.63) is 54.1 Å². The molecule has 22 heavy (non-hydrogen) atoms. The van der Waals surface area contributed by atoms with Crippen molar-refractivity contribution in [3.8, 4) is 11.1 Å². The first kappa shape index (κ1) is 17.0. The van der Waals surface area contributed by atoms with Gasteiger partial charge < -0.3 is 4.74 Å². The van der Waals surface area contributed by atoms with E-state index in [4.69, 9.17) is 0 Å². The van der Waals surface area contributed by atoms with Gasteiger partial charge in [-0.1, -0.05) is 36.4 Å². The molecule has 0 amide bonds. The monoisotopic (exact) mass is 332 g/mol. The zero-order chi connectivity index (χ0) is 15.9. The second kappa shape index (κ2) is 8.30. The van der Waals surface area contributed by atoms with Crippen molar-refractivity contribution in [2.45, 2.75) is 17.1 Å². The minimum atomic E-state index is -0.178. The van der Waals surface area contributed by atoms with E-state index in [9.17, 15) is 4.79 Å². The molecule has 116 valence electrons. The van der Waals surface area contributed by atoms with Crippen LogP contribution in [0.3, 0.4) is 0 Å². The Morgan fingerprint density at radius 2 is 1.59 bits per heavy atom. The van der Waals surface area contributed by atoms with Gasteiger partial charge in [-0.3, -0.25) is 4.79 Å². The summed E-state index contributed by atoms with van der Waals surface area (Å²) in [5.74, 6) is 0.206. The molecule has 0 fully saturated rings. The van der Waals surface area contributed by atoms with Crippen LogP contribution in [0.5, 0.6) is 0 Å². The summed E-state index contributed by atoms with van der Waals surface area (Å²) in [6, 6.07) is 17.1. The van der Waals surface area contributed by atoms with Crippen LogP contribution in [0, 0.1) is 0 Å². The molecule has 0 N–H and O–H groups in total. The molecule has 0 heterocycles. The van der Waals surface area contributed by atoms with Gasteiger partial charge in [0.05, 0.1) is 12.9 Å². The topological polar surface area (TPSA) is 26.3 Å². The zero-order valence-corrected chi connectivity index (χ0v) is 14.7. The molecule has 0 radical (unpaired) electrons. The highest BCUT2D eigenvalue weighted by atomic mass is 32.2. The van der Waals surface area contributed by atoms with E-state index in [1.165, 1.54) is 28.7 Å². The predicted octanol–water partition coefficient (Wildman–Crippen LogP) is 5.04. The molecule has 2 aromatic carbocycles. The number of methoxy groups -OCH3 is 1. The molecule has 2 rings (SSSR count). The molecular formula is C18H20O2S2. The van der Waals surface area contributed by atoms with Gasteiger partial charge in [0, 0.05) is 10.1 Å². The first-order valence-electron chi connectivity index (χ1n) is 7.07. The third kappa shape index (κ3) is 4.55. The minimum absolute atomic E-state index is 0.178. The van der Waals surface area contributed by atoms with E-state index in [0.29, 0.717) is 5.75 Å². The lowest BCUT2D eigenvalue weighted by molar-refractivity contribution is -0.137. The number of benzene rings is 2. The average molecular weight is 332 g/mol. The number of thioether (sulfide) groups is 2. The molecule has 0 spiro atoms. The number of ether oxygens (including phenoxy) is 1. The molecule has 0 saturated carbocycles. The summed E-state index contributed by atoms with van der Waals surface area (Å²) in [6.07, 6.45) is 2.08. The summed E-state index contributed by atoms with van der Waals surface area (Å²) < 4.78 is 4.67. The Hall–Kier alpha value is -1.39. The minimum Gasteiger partial charge on any atom is -0.468 e. The Balaban J connectivity index is 2.04. The lowest BCUT2D eigenvalue weighted by atomic mass is 10.0. The highest BCUT2D eigenvalue weighted by molar-refractivity contribution is 8.00.